The summed E-state index contributed by atoms with van der Waals surface area (Å²) < 4.78 is 4.92. The predicted octanol–water partition coefficient (Wildman–Crippen LogP) is 1.61. The van der Waals surface area contributed by atoms with Crippen LogP contribution in [-0.2, 0) is 20.1 Å². The van der Waals surface area contributed by atoms with E-state index in [9.17, 15) is 24.4 Å². The fourth-order valence-corrected chi connectivity index (χ4v) is 6.55. The van der Waals surface area contributed by atoms with Crippen LogP contribution in [0.25, 0.3) is 22.1 Å². The van der Waals surface area contributed by atoms with Crippen LogP contribution in [0.1, 0.15) is 52.0 Å². The van der Waals surface area contributed by atoms with Gasteiger partial charge in [0.05, 0.1) is 29.1 Å². The highest BCUT2D eigenvalue weighted by Gasteiger charge is 2.42. The number of para-hydroxylation sites is 1. The van der Waals surface area contributed by atoms with E-state index in [1.54, 1.807) is 48.7 Å². The maximum absolute atomic E-state index is 14.1. The van der Waals surface area contributed by atoms with E-state index in [0.717, 1.165) is 14.7 Å². The number of carbonyl (C=O) groups excluding carboxylic acids is 2. The molecule has 0 aliphatic carbocycles. The molecular formula is C33H31N8O5+. The molecule has 0 spiro atoms. The summed E-state index contributed by atoms with van der Waals surface area (Å²) in [4.78, 5) is 66.9. The molecule has 0 unspecified atom stereocenters. The Morgan fingerprint density at radius 2 is 1.67 bits per heavy atom. The van der Waals surface area contributed by atoms with Crippen molar-refractivity contribution in [1.29, 1.82) is 0 Å². The van der Waals surface area contributed by atoms with E-state index in [1.165, 1.54) is 16.5 Å². The van der Waals surface area contributed by atoms with Gasteiger partial charge >= 0.3 is 11.5 Å². The zero-order valence-electron chi connectivity index (χ0n) is 25.6. The highest BCUT2D eigenvalue weighted by molar-refractivity contribution is 6.21. The normalized spacial score (nSPS) is 16.3. The largest absolute Gasteiger partial charge is 0.357 e. The summed E-state index contributed by atoms with van der Waals surface area (Å²) in [7, 11) is 1.54. The lowest BCUT2D eigenvalue weighted by atomic mass is 10.0. The second-order valence-electron chi connectivity index (χ2n) is 11.5. The second-order valence-corrected chi connectivity index (χ2v) is 11.5. The third-order valence-electron chi connectivity index (χ3n) is 8.90. The smallest absolute Gasteiger partial charge is 0.350 e. The number of rotatable bonds is 5. The first kappa shape index (κ1) is 29.0. The minimum absolute atomic E-state index is 0.120. The van der Waals surface area contributed by atoms with E-state index in [-0.39, 0.29) is 41.9 Å². The number of benzene rings is 2. The van der Waals surface area contributed by atoms with Gasteiger partial charge in [-0.25, -0.2) is 9.36 Å². The molecule has 5 heterocycles. The van der Waals surface area contributed by atoms with Gasteiger partial charge in [0, 0.05) is 27.1 Å². The Kier molecular flexibility index (Phi) is 6.92. The molecule has 3 aromatic heterocycles. The molecule has 0 bridgehead atoms. The van der Waals surface area contributed by atoms with Crippen LogP contribution in [0.3, 0.4) is 0 Å². The van der Waals surface area contributed by atoms with Crippen LogP contribution < -0.4 is 20.9 Å². The van der Waals surface area contributed by atoms with Crippen molar-refractivity contribution in [1.82, 2.24) is 28.6 Å². The van der Waals surface area contributed by atoms with Crippen molar-refractivity contribution < 1.29 is 19.5 Å². The maximum Gasteiger partial charge on any atom is 0.357 e. The number of imide groups is 1. The Bertz CT molecular complexity index is 2250. The Balaban J connectivity index is 1.31. The molecule has 0 saturated carbocycles. The number of carbonyl (C=O) groups is 2. The average Bonchev–Trinajstić information content (AvgIpc) is 3.58. The van der Waals surface area contributed by atoms with Crippen LogP contribution in [0.15, 0.2) is 58.1 Å². The molecule has 2 aromatic carbocycles. The number of aryl methyl sites for hydroxylation is 2. The third-order valence-corrected chi connectivity index (χ3v) is 8.90. The van der Waals surface area contributed by atoms with Crippen molar-refractivity contribution in [3.8, 4) is 11.8 Å². The molecule has 1 fully saturated rings. The fraction of sp³-hybridized carbons (Fsp3) is 0.303. The SMILES string of the molecule is CC#CCn1c(N2CCC[C@@H](N3C(=O)c4ccccc4C3=O)C2)nc2c1c(=O)n(Cc1nc3ccccc3c(C)[n+]1O)c(=O)n2C. The van der Waals surface area contributed by atoms with Gasteiger partial charge in [0.15, 0.2) is 22.4 Å². The number of hydrogen-bond donors (Lipinski definition) is 1. The Morgan fingerprint density at radius 1 is 0.978 bits per heavy atom. The number of piperidine rings is 1. The first-order valence-corrected chi connectivity index (χ1v) is 15.0. The van der Waals surface area contributed by atoms with E-state index in [4.69, 9.17) is 4.98 Å². The quantitative estimate of drug-likeness (QED) is 0.136. The molecule has 46 heavy (non-hydrogen) atoms. The van der Waals surface area contributed by atoms with Crippen molar-refractivity contribution in [2.75, 3.05) is 18.0 Å². The maximum atomic E-state index is 14.1. The zero-order chi connectivity index (χ0) is 32.3. The first-order chi connectivity index (χ1) is 22.2. The van der Waals surface area contributed by atoms with Crippen molar-refractivity contribution in [2.45, 2.75) is 45.8 Å². The highest BCUT2D eigenvalue weighted by Crippen LogP contribution is 2.30. The number of aromatic nitrogens is 6. The van der Waals surface area contributed by atoms with Gasteiger partial charge in [-0.3, -0.25) is 28.4 Å². The van der Waals surface area contributed by atoms with Crippen LogP contribution in [0, 0.1) is 18.8 Å². The topological polar surface area (TPSA) is 139 Å². The van der Waals surface area contributed by atoms with Gasteiger partial charge in [-0.1, -0.05) is 30.2 Å². The molecule has 2 amide bonds. The van der Waals surface area contributed by atoms with Crippen LogP contribution in [0.2, 0.25) is 0 Å². The van der Waals surface area contributed by atoms with Crippen molar-refractivity contribution in [3.05, 3.63) is 92.0 Å². The number of imidazole rings is 1. The number of nitrogens with zero attached hydrogens (tertiary/aromatic N) is 8. The molecule has 1 atom stereocenters. The number of hydrogen-bond acceptors (Lipinski definition) is 8. The van der Waals surface area contributed by atoms with Gasteiger partial charge in [0.1, 0.15) is 6.54 Å². The molecule has 13 heteroatoms. The lowest BCUT2D eigenvalue weighted by molar-refractivity contribution is -0.914. The Labute approximate surface area is 262 Å². The van der Waals surface area contributed by atoms with E-state index >= 15 is 0 Å². The van der Waals surface area contributed by atoms with Crippen LogP contribution >= 0.6 is 0 Å². The van der Waals surface area contributed by atoms with E-state index in [1.807, 2.05) is 23.1 Å². The van der Waals surface area contributed by atoms with Crippen LogP contribution in [0.5, 0.6) is 0 Å². The van der Waals surface area contributed by atoms with Crippen molar-refractivity contribution >= 4 is 39.8 Å². The highest BCUT2D eigenvalue weighted by atomic mass is 16.5. The zero-order valence-corrected chi connectivity index (χ0v) is 25.6. The van der Waals surface area contributed by atoms with Crippen LogP contribution in [-0.4, -0.2) is 64.7 Å². The summed E-state index contributed by atoms with van der Waals surface area (Å²) in [5.41, 5.74) is 1.06. The van der Waals surface area contributed by atoms with E-state index in [0.29, 0.717) is 54.2 Å². The minimum atomic E-state index is -0.620. The monoisotopic (exact) mass is 619 g/mol. The van der Waals surface area contributed by atoms with Gasteiger partial charge in [-0.15, -0.1) is 5.92 Å². The molecular weight excluding hydrogens is 588 g/mol. The molecule has 1 saturated heterocycles. The molecule has 232 valence electrons. The fourth-order valence-electron chi connectivity index (χ4n) is 6.55. The van der Waals surface area contributed by atoms with Gasteiger partial charge in [0.25, 0.3) is 17.4 Å². The first-order valence-electron chi connectivity index (χ1n) is 15.0. The van der Waals surface area contributed by atoms with Crippen molar-refractivity contribution in [3.63, 3.8) is 0 Å². The van der Waals surface area contributed by atoms with Gasteiger partial charge in [-0.2, -0.15) is 4.98 Å². The Hall–Kier alpha value is -5.77. The third kappa shape index (κ3) is 4.36. The summed E-state index contributed by atoms with van der Waals surface area (Å²) in [6.07, 6.45) is 1.30. The lowest BCUT2D eigenvalue weighted by Gasteiger charge is -2.37. The summed E-state index contributed by atoms with van der Waals surface area (Å²) in [6.45, 7) is 4.14. The Morgan fingerprint density at radius 3 is 2.39 bits per heavy atom. The molecule has 2 aliphatic heterocycles. The summed E-state index contributed by atoms with van der Waals surface area (Å²) >= 11 is 0. The number of anilines is 1. The van der Waals surface area contributed by atoms with Gasteiger partial charge in [0.2, 0.25) is 5.95 Å². The molecule has 1 N–H and O–H groups in total. The van der Waals surface area contributed by atoms with E-state index < -0.39 is 17.3 Å². The molecule has 5 aromatic rings. The van der Waals surface area contributed by atoms with Crippen LogP contribution in [0.4, 0.5) is 5.95 Å². The van der Waals surface area contributed by atoms with Gasteiger partial charge < -0.3 is 10.1 Å². The van der Waals surface area contributed by atoms with Crippen molar-refractivity contribution in [2.24, 2.45) is 7.05 Å². The summed E-state index contributed by atoms with van der Waals surface area (Å²) in [5, 5.41) is 11.7. The lowest BCUT2D eigenvalue weighted by Crippen LogP contribution is -2.50. The number of amides is 2. The van der Waals surface area contributed by atoms with Gasteiger partial charge in [-0.05, 0) is 53.7 Å². The molecule has 2 aliphatic rings. The average molecular weight is 620 g/mol. The minimum Gasteiger partial charge on any atom is -0.350 e. The predicted molar refractivity (Wildman–Crippen MR) is 168 cm³/mol. The standard InChI is InChI=1S/C33H31N8O5/c1-4-5-17-38-27-28(35-32(38)37-16-10-11-21(18-37)40-29(42)23-13-6-7-14-24(23)30(40)43)36(3)33(45)39(31(27)44)19-26-34-25-15-9-8-12-22(25)20(2)41(26)46/h6-9,12-15,21,46H,10-11,16-19H2,1-3H3/q+1/t21-/m1/s1. The summed E-state index contributed by atoms with van der Waals surface area (Å²) in [5.74, 6) is 5.79. The molecule has 7 rings (SSSR count). The summed E-state index contributed by atoms with van der Waals surface area (Å²) in [6, 6.07) is 13.7. The molecule has 13 nitrogen and oxygen atoms in total. The van der Waals surface area contributed by atoms with E-state index in [2.05, 4.69) is 16.8 Å². The molecule has 0 radical (unpaired) electrons. The second kappa shape index (κ2) is 11.0. The number of fused-ring (bicyclic) bond motifs is 3.